The molecule has 4 aromatic rings. The number of carbonyl (C=O) groups is 2. The predicted octanol–water partition coefficient (Wildman–Crippen LogP) is 7.63. The van der Waals surface area contributed by atoms with Gasteiger partial charge in [-0.1, -0.05) is 96.1 Å². The van der Waals surface area contributed by atoms with Crippen molar-refractivity contribution >= 4 is 28.8 Å². The van der Waals surface area contributed by atoms with Crippen molar-refractivity contribution in [1.82, 2.24) is 15.1 Å². The molecule has 0 bridgehead atoms. The fraction of sp³-hybridized carbons (Fsp3) is 0.353. The summed E-state index contributed by atoms with van der Waals surface area (Å²) >= 11 is 0. The second-order valence-electron chi connectivity index (χ2n) is 13.3. The first-order chi connectivity index (χ1) is 19.7. The van der Waals surface area contributed by atoms with Crippen molar-refractivity contribution in [3.8, 4) is 11.3 Å². The van der Waals surface area contributed by atoms with Crippen molar-refractivity contribution in [2.45, 2.75) is 64.8 Å². The highest BCUT2D eigenvalue weighted by molar-refractivity contribution is 6.07. The van der Waals surface area contributed by atoms with Crippen LogP contribution >= 0.6 is 0 Å². The number of rotatable bonds is 3. The van der Waals surface area contributed by atoms with E-state index >= 15 is 0 Å². The molecule has 3 aromatic carbocycles. The number of carboxylic acid groups (broad SMARTS) is 2. The molecule has 5 rings (SSSR count). The van der Waals surface area contributed by atoms with Crippen LogP contribution in [0.15, 0.2) is 60.7 Å². The number of hydrogen-bond donors (Lipinski definition) is 2. The quantitative estimate of drug-likeness (QED) is 0.262. The van der Waals surface area contributed by atoms with Gasteiger partial charge in [0.05, 0.1) is 5.69 Å². The average molecular weight is 567 g/mol. The Labute approximate surface area is 246 Å². The first kappa shape index (κ1) is 29.2. The van der Waals surface area contributed by atoms with Crippen LogP contribution in [0.25, 0.3) is 22.0 Å². The molecule has 1 aliphatic rings. The number of fused-ring (bicyclic) bond motifs is 2. The zero-order valence-electron chi connectivity index (χ0n) is 25.3. The summed E-state index contributed by atoms with van der Waals surface area (Å²) in [6, 6.07) is 21.5. The number of nitrogens with zero attached hydrogens (tertiary/aromatic N) is 4. The van der Waals surface area contributed by atoms with Gasteiger partial charge in [-0.2, -0.15) is 4.90 Å². The lowest BCUT2D eigenvalue weighted by atomic mass is 9.73. The molecule has 8 heteroatoms. The maximum absolute atomic E-state index is 12.0. The van der Waals surface area contributed by atoms with Crippen LogP contribution in [0.5, 0.6) is 0 Å². The highest BCUT2D eigenvalue weighted by Gasteiger charge is 2.38. The Hall–Kier alpha value is -4.30. The van der Waals surface area contributed by atoms with E-state index in [9.17, 15) is 19.8 Å². The molecule has 218 valence electrons. The fourth-order valence-corrected chi connectivity index (χ4v) is 6.19. The summed E-state index contributed by atoms with van der Waals surface area (Å²) in [5.41, 5.74) is 5.45. The number of aromatic nitrogens is 2. The van der Waals surface area contributed by atoms with E-state index in [1.54, 1.807) is 0 Å². The number of hydrogen-bond acceptors (Lipinski definition) is 5. The van der Waals surface area contributed by atoms with Crippen molar-refractivity contribution in [2.75, 3.05) is 18.5 Å². The van der Waals surface area contributed by atoms with Crippen LogP contribution in [0.4, 0.5) is 15.4 Å². The van der Waals surface area contributed by atoms with Crippen molar-refractivity contribution < 1.29 is 19.8 Å². The maximum Gasteiger partial charge on any atom is 0.422 e. The van der Waals surface area contributed by atoms with Crippen LogP contribution in [0.1, 0.15) is 75.3 Å². The molecule has 0 saturated carbocycles. The molecule has 0 unspecified atom stereocenters. The molecule has 0 fully saturated rings. The second kappa shape index (κ2) is 10.5. The van der Waals surface area contributed by atoms with Crippen LogP contribution in [0.3, 0.4) is 0 Å². The molecule has 1 aliphatic heterocycles. The van der Waals surface area contributed by atoms with E-state index in [0.29, 0.717) is 11.3 Å². The lowest BCUT2D eigenvalue weighted by Crippen LogP contribution is -2.39. The molecular weight excluding hydrogens is 528 g/mol. The fourth-order valence-electron chi connectivity index (χ4n) is 6.19. The maximum atomic E-state index is 12.0. The Bertz CT molecular complexity index is 1690. The van der Waals surface area contributed by atoms with Gasteiger partial charge in [0.25, 0.3) is 0 Å². The molecule has 8 nitrogen and oxygen atoms in total. The molecule has 1 atom stereocenters. The zero-order valence-corrected chi connectivity index (χ0v) is 25.3. The summed E-state index contributed by atoms with van der Waals surface area (Å²) < 4.78 is 0. The van der Waals surface area contributed by atoms with Gasteiger partial charge in [-0.25, -0.2) is 9.59 Å². The van der Waals surface area contributed by atoms with Crippen LogP contribution in [-0.2, 0) is 17.4 Å². The van der Waals surface area contributed by atoms with E-state index in [0.717, 1.165) is 24.2 Å². The van der Waals surface area contributed by atoms with Gasteiger partial charge < -0.3 is 15.1 Å². The monoisotopic (exact) mass is 566 g/mol. The van der Waals surface area contributed by atoms with Gasteiger partial charge in [-0.3, -0.25) is 0 Å². The van der Waals surface area contributed by atoms with Crippen molar-refractivity contribution in [3.05, 3.63) is 88.5 Å². The molecule has 0 aliphatic carbocycles. The largest absolute Gasteiger partial charge is 0.464 e. The number of imide groups is 1. The van der Waals surface area contributed by atoms with Crippen LogP contribution in [-0.4, -0.2) is 51.1 Å². The summed E-state index contributed by atoms with van der Waals surface area (Å²) in [5.74, 6) is 0.0306. The van der Waals surface area contributed by atoms with Gasteiger partial charge in [-0.15, -0.1) is 10.2 Å². The number of amides is 2. The highest BCUT2D eigenvalue weighted by atomic mass is 16.4. The lowest BCUT2D eigenvalue weighted by molar-refractivity contribution is 0.184. The summed E-state index contributed by atoms with van der Waals surface area (Å²) in [5, 5.41) is 30.8. The Balaban J connectivity index is 1.69. The van der Waals surface area contributed by atoms with E-state index < -0.39 is 23.0 Å². The Morgan fingerprint density at radius 2 is 1.48 bits per heavy atom. The lowest BCUT2D eigenvalue weighted by Gasteiger charge is -2.35. The Morgan fingerprint density at radius 1 is 0.833 bits per heavy atom. The summed E-state index contributed by atoms with van der Waals surface area (Å²) in [6.45, 7) is 13.6. The SMILES string of the molecule is CN1Cc2cc(-c3nnc(N(C(=O)O)C(=O)O)c(C(C)(C)C)c3C(C)(C)C)ccc2[C@H](c2ccc3ccccc3c2)C1. The van der Waals surface area contributed by atoms with E-state index in [2.05, 4.69) is 82.8 Å². The number of benzene rings is 3. The summed E-state index contributed by atoms with van der Waals surface area (Å²) in [4.78, 5) is 26.6. The molecule has 2 heterocycles. The van der Waals surface area contributed by atoms with Gasteiger partial charge in [0.1, 0.15) is 0 Å². The smallest absolute Gasteiger partial charge is 0.422 e. The minimum absolute atomic E-state index is 0.176. The number of likely N-dealkylation sites (N-methyl/N-ethyl adjacent to an activating group) is 1. The van der Waals surface area contributed by atoms with Crippen molar-refractivity contribution in [3.63, 3.8) is 0 Å². The zero-order chi connectivity index (χ0) is 30.6. The van der Waals surface area contributed by atoms with Gasteiger partial charge >= 0.3 is 12.2 Å². The first-order valence-corrected chi connectivity index (χ1v) is 14.1. The standard InChI is InChI=1S/C34H38N4O4/c1-33(2,3)27-28(34(4,5)6)30(38(31(39)40)32(41)42)36-35-29(27)23-14-15-25-24(17-23)18-37(7)19-26(25)22-13-12-20-10-8-9-11-21(20)16-22/h8-17,26H,18-19H2,1-7H3,(H,39,40)(H,41,42)/t26-/m0/s1. The molecule has 2 amide bonds. The van der Waals surface area contributed by atoms with E-state index in [4.69, 9.17) is 0 Å². The molecule has 0 spiro atoms. The average Bonchev–Trinajstić information content (AvgIpc) is 2.90. The van der Waals surface area contributed by atoms with E-state index in [1.807, 2.05) is 41.5 Å². The van der Waals surface area contributed by atoms with Gasteiger partial charge in [0.15, 0.2) is 5.82 Å². The molecule has 0 saturated heterocycles. The number of anilines is 1. The van der Waals surface area contributed by atoms with Crippen molar-refractivity contribution in [1.29, 1.82) is 0 Å². The third-order valence-corrected chi connectivity index (χ3v) is 7.95. The molecular formula is C34H38N4O4. The van der Waals surface area contributed by atoms with E-state index in [-0.39, 0.29) is 16.6 Å². The molecule has 42 heavy (non-hydrogen) atoms. The Morgan fingerprint density at radius 3 is 2.10 bits per heavy atom. The van der Waals surface area contributed by atoms with Crippen LogP contribution in [0.2, 0.25) is 0 Å². The highest BCUT2D eigenvalue weighted by Crippen LogP contribution is 2.44. The first-order valence-electron chi connectivity index (χ1n) is 14.1. The van der Waals surface area contributed by atoms with Gasteiger partial charge in [0, 0.05) is 30.1 Å². The summed E-state index contributed by atoms with van der Waals surface area (Å²) in [7, 11) is 2.13. The molecule has 1 aromatic heterocycles. The van der Waals surface area contributed by atoms with Crippen LogP contribution < -0.4 is 4.90 Å². The van der Waals surface area contributed by atoms with Gasteiger partial charge in [-0.05, 0) is 57.0 Å². The third-order valence-electron chi connectivity index (χ3n) is 7.95. The minimum atomic E-state index is -1.62. The minimum Gasteiger partial charge on any atom is -0.464 e. The van der Waals surface area contributed by atoms with Gasteiger partial charge in [0.2, 0.25) is 0 Å². The second-order valence-corrected chi connectivity index (χ2v) is 13.3. The summed E-state index contributed by atoms with van der Waals surface area (Å²) in [6.07, 6.45) is -3.24. The van der Waals surface area contributed by atoms with E-state index in [1.165, 1.54) is 27.5 Å². The van der Waals surface area contributed by atoms with Crippen LogP contribution in [0, 0.1) is 0 Å². The Kier molecular flexibility index (Phi) is 7.31. The third kappa shape index (κ3) is 5.34. The molecule has 0 radical (unpaired) electrons. The predicted molar refractivity (Wildman–Crippen MR) is 166 cm³/mol. The molecule has 2 N–H and O–H groups in total. The normalized spacial score (nSPS) is 15.8. The van der Waals surface area contributed by atoms with Crippen molar-refractivity contribution in [2.24, 2.45) is 0 Å². The topological polar surface area (TPSA) is 107 Å².